The van der Waals surface area contributed by atoms with Crippen LogP contribution in [0.25, 0.3) is 0 Å². The van der Waals surface area contributed by atoms with Crippen LogP contribution >= 0.6 is 0 Å². The van der Waals surface area contributed by atoms with E-state index in [1.165, 1.54) is 0 Å². The van der Waals surface area contributed by atoms with Gasteiger partial charge in [0.25, 0.3) is 0 Å². The van der Waals surface area contributed by atoms with E-state index in [2.05, 4.69) is 4.90 Å². The molecular weight excluding hydrogens is 276 g/mol. The van der Waals surface area contributed by atoms with Crippen molar-refractivity contribution < 1.29 is 13.5 Å². The highest BCUT2D eigenvalue weighted by molar-refractivity contribution is 7.89. The molecule has 1 aromatic rings. The molecule has 2 aliphatic heterocycles. The Morgan fingerprint density at radius 1 is 1.20 bits per heavy atom. The molecule has 0 aromatic heterocycles. The average Bonchev–Trinajstić information content (AvgIpc) is 2.94. The minimum absolute atomic E-state index is 0.244. The van der Waals surface area contributed by atoms with E-state index in [0.29, 0.717) is 24.7 Å². The number of rotatable bonds is 3. The van der Waals surface area contributed by atoms with Crippen LogP contribution in [0.2, 0.25) is 0 Å². The van der Waals surface area contributed by atoms with Crippen molar-refractivity contribution in [3.8, 4) is 0 Å². The molecule has 1 unspecified atom stereocenters. The second kappa shape index (κ2) is 5.44. The Morgan fingerprint density at radius 3 is 2.80 bits per heavy atom. The second-order valence-electron chi connectivity index (χ2n) is 5.46. The number of piperazine rings is 1. The summed E-state index contributed by atoms with van der Waals surface area (Å²) < 4.78 is 27.1. The first kappa shape index (κ1) is 14.0. The zero-order chi connectivity index (χ0) is 14.2. The van der Waals surface area contributed by atoms with Crippen LogP contribution in [0.1, 0.15) is 18.4 Å². The summed E-state index contributed by atoms with van der Waals surface area (Å²) >= 11 is 0. The SMILES string of the molecule is O=S(=O)(c1ccccc1CO)N1CCN2CCCC2C1. The summed E-state index contributed by atoms with van der Waals surface area (Å²) in [6, 6.07) is 7.07. The van der Waals surface area contributed by atoms with Gasteiger partial charge >= 0.3 is 0 Å². The summed E-state index contributed by atoms with van der Waals surface area (Å²) in [4.78, 5) is 2.62. The molecule has 5 nitrogen and oxygen atoms in total. The number of fused-ring (bicyclic) bond motifs is 1. The number of aliphatic hydroxyl groups is 1. The number of benzene rings is 1. The fourth-order valence-electron chi connectivity index (χ4n) is 3.21. The number of hydrogen-bond acceptors (Lipinski definition) is 4. The maximum atomic E-state index is 12.8. The molecule has 2 saturated heterocycles. The minimum Gasteiger partial charge on any atom is -0.392 e. The maximum Gasteiger partial charge on any atom is 0.243 e. The molecule has 1 N–H and O–H groups in total. The molecule has 2 heterocycles. The zero-order valence-corrected chi connectivity index (χ0v) is 12.2. The van der Waals surface area contributed by atoms with Crippen LogP contribution < -0.4 is 0 Å². The summed E-state index contributed by atoms with van der Waals surface area (Å²) in [6.07, 6.45) is 2.24. The van der Waals surface area contributed by atoms with Gasteiger partial charge in [-0.05, 0) is 31.0 Å². The highest BCUT2D eigenvalue weighted by atomic mass is 32.2. The van der Waals surface area contributed by atoms with Crippen LogP contribution in [-0.2, 0) is 16.6 Å². The quantitative estimate of drug-likeness (QED) is 0.889. The predicted octanol–water partition coefficient (Wildman–Crippen LogP) is 0.648. The minimum atomic E-state index is -3.50. The summed E-state index contributed by atoms with van der Waals surface area (Å²) in [5.74, 6) is 0. The first-order chi connectivity index (χ1) is 9.63. The molecule has 1 atom stereocenters. The molecule has 0 saturated carbocycles. The molecule has 6 heteroatoms. The molecule has 20 heavy (non-hydrogen) atoms. The van der Waals surface area contributed by atoms with Gasteiger partial charge in [0, 0.05) is 25.7 Å². The van der Waals surface area contributed by atoms with Gasteiger partial charge in [-0.3, -0.25) is 4.90 Å². The lowest BCUT2D eigenvalue weighted by Crippen LogP contribution is -2.52. The van der Waals surface area contributed by atoms with Crippen molar-refractivity contribution in [2.24, 2.45) is 0 Å². The molecule has 2 fully saturated rings. The number of aliphatic hydroxyl groups excluding tert-OH is 1. The molecule has 1 aromatic carbocycles. The van der Waals surface area contributed by atoms with Crippen LogP contribution in [0, 0.1) is 0 Å². The van der Waals surface area contributed by atoms with Gasteiger partial charge in [0.1, 0.15) is 0 Å². The van der Waals surface area contributed by atoms with E-state index >= 15 is 0 Å². The third-order valence-corrected chi connectivity index (χ3v) is 6.28. The van der Waals surface area contributed by atoms with Crippen LogP contribution in [-0.4, -0.2) is 55.0 Å². The lowest BCUT2D eigenvalue weighted by atomic mass is 10.2. The zero-order valence-electron chi connectivity index (χ0n) is 11.4. The van der Waals surface area contributed by atoms with Crippen molar-refractivity contribution in [1.29, 1.82) is 0 Å². The number of hydrogen-bond donors (Lipinski definition) is 1. The van der Waals surface area contributed by atoms with E-state index in [4.69, 9.17) is 0 Å². The molecule has 0 radical (unpaired) electrons. The van der Waals surface area contributed by atoms with E-state index in [1.54, 1.807) is 28.6 Å². The summed E-state index contributed by atoms with van der Waals surface area (Å²) in [6.45, 7) is 2.76. The first-order valence-corrected chi connectivity index (χ1v) is 8.50. The van der Waals surface area contributed by atoms with Gasteiger partial charge in [-0.15, -0.1) is 0 Å². The maximum absolute atomic E-state index is 12.8. The molecule has 0 amide bonds. The predicted molar refractivity (Wildman–Crippen MR) is 75.7 cm³/mol. The summed E-state index contributed by atoms with van der Waals surface area (Å²) in [7, 11) is -3.50. The highest BCUT2D eigenvalue weighted by Gasteiger charge is 2.36. The van der Waals surface area contributed by atoms with E-state index < -0.39 is 10.0 Å². The van der Waals surface area contributed by atoms with Gasteiger partial charge < -0.3 is 5.11 Å². The van der Waals surface area contributed by atoms with E-state index in [0.717, 1.165) is 25.9 Å². The van der Waals surface area contributed by atoms with Crippen molar-refractivity contribution in [3.63, 3.8) is 0 Å². The van der Waals surface area contributed by atoms with Crippen LogP contribution in [0.15, 0.2) is 29.2 Å². The topological polar surface area (TPSA) is 60.9 Å². The molecule has 110 valence electrons. The molecule has 2 aliphatic rings. The number of sulfonamides is 1. The first-order valence-electron chi connectivity index (χ1n) is 7.06. The smallest absolute Gasteiger partial charge is 0.243 e. The van der Waals surface area contributed by atoms with Gasteiger partial charge in [0.2, 0.25) is 10.0 Å². The fraction of sp³-hybridized carbons (Fsp3) is 0.571. The Balaban J connectivity index is 1.88. The van der Waals surface area contributed by atoms with Gasteiger partial charge in [-0.25, -0.2) is 8.42 Å². The normalized spacial score (nSPS) is 24.8. The largest absolute Gasteiger partial charge is 0.392 e. The van der Waals surface area contributed by atoms with Gasteiger partial charge in [-0.1, -0.05) is 18.2 Å². The van der Waals surface area contributed by atoms with E-state index in [-0.39, 0.29) is 11.5 Å². The van der Waals surface area contributed by atoms with Crippen molar-refractivity contribution >= 4 is 10.0 Å². The van der Waals surface area contributed by atoms with Crippen LogP contribution in [0.3, 0.4) is 0 Å². The third kappa shape index (κ3) is 2.37. The lowest BCUT2D eigenvalue weighted by molar-refractivity contribution is 0.158. The molecular formula is C14H20N2O3S. The molecule has 0 aliphatic carbocycles. The second-order valence-corrected chi connectivity index (χ2v) is 7.37. The van der Waals surface area contributed by atoms with Gasteiger partial charge in [0.05, 0.1) is 11.5 Å². The average molecular weight is 296 g/mol. The Bertz CT molecular complexity index is 588. The van der Waals surface area contributed by atoms with E-state index in [1.807, 2.05) is 0 Å². The highest BCUT2D eigenvalue weighted by Crippen LogP contribution is 2.27. The van der Waals surface area contributed by atoms with Crippen molar-refractivity contribution in [2.45, 2.75) is 30.4 Å². The Kier molecular flexibility index (Phi) is 3.81. The van der Waals surface area contributed by atoms with Gasteiger partial charge in [-0.2, -0.15) is 4.31 Å². The Morgan fingerprint density at radius 2 is 2.00 bits per heavy atom. The lowest BCUT2D eigenvalue weighted by Gasteiger charge is -2.36. The van der Waals surface area contributed by atoms with E-state index in [9.17, 15) is 13.5 Å². The Labute approximate surface area is 119 Å². The summed E-state index contributed by atoms with van der Waals surface area (Å²) in [5.41, 5.74) is 0.473. The standard InChI is InChI=1S/C14H20N2O3S/c17-11-12-4-1-2-6-14(12)20(18,19)16-9-8-15-7-3-5-13(15)10-16/h1-2,4,6,13,17H,3,5,7-11H2. The monoisotopic (exact) mass is 296 g/mol. The molecule has 0 bridgehead atoms. The number of nitrogens with zero attached hydrogens (tertiary/aromatic N) is 2. The summed E-state index contributed by atoms with van der Waals surface area (Å²) in [5, 5.41) is 9.34. The van der Waals surface area contributed by atoms with Gasteiger partial charge in [0.15, 0.2) is 0 Å². The van der Waals surface area contributed by atoms with Crippen molar-refractivity contribution in [3.05, 3.63) is 29.8 Å². The fourth-order valence-corrected chi connectivity index (χ4v) is 4.89. The van der Waals surface area contributed by atoms with Crippen LogP contribution in [0.4, 0.5) is 0 Å². The van der Waals surface area contributed by atoms with Crippen molar-refractivity contribution in [1.82, 2.24) is 9.21 Å². The third-order valence-electron chi connectivity index (χ3n) is 4.31. The Hall–Kier alpha value is -0.950. The van der Waals surface area contributed by atoms with Crippen LogP contribution in [0.5, 0.6) is 0 Å². The molecule has 0 spiro atoms. The molecule has 3 rings (SSSR count). The van der Waals surface area contributed by atoms with Crippen molar-refractivity contribution in [2.75, 3.05) is 26.2 Å².